The number of amides is 1. The highest BCUT2D eigenvalue weighted by Gasteiger charge is 2.28. The molecule has 3 heterocycles. The van der Waals surface area contributed by atoms with Crippen LogP contribution in [0.5, 0.6) is 0 Å². The maximum absolute atomic E-state index is 12.4. The molecule has 2 aromatic heterocycles. The Morgan fingerprint density at radius 2 is 2.09 bits per heavy atom. The fourth-order valence-corrected chi connectivity index (χ4v) is 2.84. The molecule has 7 nitrogen and oxygen atoms in total. The maximum atomic E-state index is 12.4. The molecule has 0 aliphatic carbocycles. The second-order valence-electron chi connectivity index (χ2n) is 5.46. The van der Waals surface area contributed by atoms with Gasteiger partial charge in [0.1, 0.15) is 5.69 Å². The van der Waals surface area contributed by atoms with Gasteiger partial charge < -0.3 is 15.2 Å². The Balaban J connectivity index is 0.00000176. The molecule has 120 valence electrons. The Morgan fingerprint density at radius 3 is 2.59 bits per heavy atom. The van der Waals surface area contributed by atoms with Crippen molar-refractivity contribution in [3.8, 4) is 0 Å². The predicted octanol–water partition coefficient (Wildman–Crippen LogP) is 1.74. The van der Waals surface area contributed by atoms with E-state index in [1.807, 2.05) is 11.8 Å². The topological polar surface area (TPSA) is 90.2 Å². The number of nitrogens with two attached hydrogens (primary N) is 1. The molecule has 1 amide bonds. The first kappa shape index (κ1) is 16.4. The number of hydrogen-bond donors (Lipinski definition) is 1. The van der Waals surface area contributed by atoms with Crippen molar-refractivity contribution in [1.29, 1.82) is 0 Å². The summed E-state index contributed by atoms with van der Waals surface area (Å²) >= 11 is 0. The van der Waals surface area contributed by atoms with Gasteiger partial charge in [-0.15, -0.1) is 12.4 Å². The molecule has 22 heavy (non-hydrogen) atoms. The Bertz CT molecular complexity index is 658. The molecule has 0 radical (unpaired) electrons. The number of hydrogen-bond acceptors (Lipinski definition) is 5. The summed E-state index contributed by atoms with van der Waals surface area (Å²) in [6.45, 7) is 3.34. The third kappa shape index (κ3) is 2.81. The number of rotatable bonds is 2. The molecular formula is C14H20ClN5O2. The van der Waals surface area contributed by atoms with Crippen LogP contribution >= 0.6 is 12.4 Å². The molecule has 1 fully saturated rings. The smallest absolute Gasteiger partial charge is 0.272 e. The monoisotopic (exact) mass is 325 g/mol. The van der Waals surface area contributed by atoms with Crippen molar-refractivity contribution in [2.24, 2.45) is 7.05 Å². The standard InChI is InChI=1S/C14H19N5O2.ClH/c1-9-12(17-21-13(9)15)10-4-7-19(8-5-10)14(20)11-3-6-16-18(11)2;/h3,6,10H,4-5,7-8,15H2,1-2H3;1H. The molecule has 0 atom stereocenters. The Kier molecular flexibility index (Phi) is 4.75. The molecule has 1 aliphatic heterocycles. The molecule has 2 N–H and O–H groups in total. The van der Waals surface area contributed by atoms with Gasteiger partial charge >= 0.3 is 0 Å². The van der Waals surface area contributed by atoms with E-state index in [1.165, 1.54) is 0 Å². The van der Waals surface area contributed by atoms with Crippen LogP contribution in [0.25, 0.3) is 0 Å². The molecule has 3 rings (SSSR count). The molecule has 1 aliphatic rings. The van der Waals surface area contributed by atoms with Crippen LogP contribution in [-0.2, 0) is 7.05 Å². The van der Waals surface area contributed by atoms with Crippen LogP contribution in [0.4, 0.5) is 5.88 Å². The second-order valence-corrected chi connectivity index (χ2v) is 5.46. The van der Waals surface area contributed by atoms with Gasteiger partial charge in [0.2, 0.25) is 5.88 Å². The molecule has 2 aromatic rings. The zero-order valence-corrected chi connectivity index (χ0v) is 13.5. The van der Waals surface area contributed by atoms with E-state index < -0.39 is 0 Å². The van der Waals surface area contributed by atoms with Gasteiger partial charge in [-0.2, -0.15) is 5.10 Å². The van der Waals surface area contributed by atoms with Gasteiger partial charge in [0.25, 0.3) is 5.91 Å². The number of carbonyl (C=O) groups excluding carboxylic acids is 1. The number of aryl methyl sites for hydroxylation is 1. The fourth-order valence-electron chi connectivity index (χ4n) is 2.84. The lowest BCUT2D eigenvalue weighted by Crippen LogP contribution is -2.38. The van der Waals surface area contributed by atoms with Crippen LogP contribution in [0.2, 0.25) is 0 Å². The second kappa shape index (κ2) is 6.39. The molecular weight excluding hydrogens is 306 g/mol. The average molecular weight is 326 g/mol. The van der Waals surface area contributed by atoms with Gasteiger partial charge in [-0.25, -0.2) is 0 Å². The van der Waals surface area contributed by atoms with E-state index in [0.29, 0.717) is 30.6 Å². The van der Waals surface area contributed by atoms with E-state index in [4.69, 9.17) is 10.3 Å². The fraction of sp³-hybridized carbons (Fsp3) is 0.500. The Morgan fingerprint density at radius 1 is 1.41 bits per heavy atom. The lowest BCUT2D eigenvalue weighted by Gasteiger charge is -2.31. The lowest BCUT2D eigenvalue weighted by atomic mass is 9.91. The summed E-state index contributed by atoms with van der Waals surface area (Å²) in [5.74, 6) is 0.727. The zero-order chi connectivity index (χ0) is 15.0. The Hall–Kier alpha value is -2.02. The summed E-state index contributed by atoms with van der Waals surface area (Å²) in [5.41, 5.74) is 8.17. The quantitative estimate of drug-likeness (QED) is 0.908. The highest BCUT2D eigenvalue weighted by atomic mass is 35.5. The lowest BCUT2D eigenvalue weighted by molar-refractivity contribution is 0.0700. The molecule has 8 heteroatoms. The van der Waals surface area contributed by atoms with Crippen molar-refractivity contribution in [1.82, 2.24) is 19.8 Å². The largest absolute Gasteiger partial charge is 0.367 e. The van der Waals surface area contributed by atoms with Crippen LogP contribution in [0, 0.1) is 6.92 Å². The molecule has 0 saturated carbocycles. The number of nitrogens with zero attached hydrogens (tertiary/aromatic N) is 4. The van der Waals surface area contributed by atoms with E-state index in [2.05, 4.69) is 10.3 Å². The number of anilines is 1. The average Bonchev–Trinajstić information content (AvgIpc) is 3.06. The molecule has 0 bridgehead atoms. The van der Waals surface area contributed by atoms with Crippen LogP contribution in [0.1, 0.15) is 40.5 Å². The van der Waals surface area contributed by atoms with Gasteiger partial charge in [0.15, 0.2) is 0 Å². The van der Waals surface area contributed by atoms with Crippen LogP contribution in [-0.4, -0.2) is 38.8 Å². The van der Waals surface area contributed by atoms with Gasteiger partial charge in [-0.1, -0.05) is 5.16 Å². The minimum absolute atomic E-state index is 0. The molecule has 0 unspecified atom stereocenters. The maximum Gasteiger partial charge on any atom is 0.272 e. The summed E-state index contributed by atoms with van der Waals surface area (Å²) in [5, 5.41) is 8.10. The highest BCUT2D eigenvalue weighted by molar-refractivity contribution is 5.92. The number of carbonyl (C=O) groups is 1. The van der Waals surface area contributed by atoms with Crippen molar-refractivity contribution in [2.45, 2.75) is 25.7 Å². The predicted molar refractivity (Wildman–Crippen MR) is 84.0 cm³/mol. The van der Waals surface area contributed by atoms with Gasteiger partial charge in [0.05, 0.1) is 5.69 Å². The zero-order valence-electron chi connectivity index (χ0n) is 12.7. The van der Waals surface area contributed by atoms with Crippen LogP contribution in [0.3, 0.4) is 0 Å². The minimum Gasteiger partial charge on any atom is -0.367 e. The summed E-state index contributed by atoms with van der Waals surface area (Å²) in [6.07, 6.45) is 3.38. The van der Waals surface area contributed by atoms with Gasteiger partial charge in [-0.3, -0.25) is 9.48 Å². The normalized spacial score (nSPS) is 15.6. The van der Waals surface area contributed by atoms with Crippen molar-refractivity contribution < 1.29 is 9.32 Å². The van der Waals surface area contributed by atoms with Crippen molar-refractivity contribution in [3.05, 3.63) is 29.2 Å². The first-order chi connectivity index (χ1) is 10.1. The van der Waals surface area contributed by atoms with Gasteiger partial charge in [-0.05, 0) is 25.8 Å². The third-order valence-electron chi connectivity index (χ3n) is 4.21. The first-order valence-electron chi connectivity index (χ1n) is 7.07. The van der Waals surface area contributed by atoms with E-state index in [1.54, 1.807) is 24.0 Å². The third-order valence-corrected chi connectivity index (χ3v) is 4.21. The SMILES string of the molecule is Cc1c(C2CCN(C(=O)c3ccnn3C)CC2)noc1N.Cl. The number of nitrogen functional groups attached to an aromatic ring is 1. The summed E-state index contributed by atoms with van der Waals surface area (Å²) in [4.78, 5) is 14.3. The Labute approximate surface area is 134 Å². The summed E-state index contributed by atoms with van der Waals surface area (Å²) < 4.78 is 6.64. The molecule has 0 spiro atoms. The van der Waals surface area contributed by atoms with E-state index in [-0.39, 0.29) is 18.3 Å². The first-order valence-corrected chi connectivity index (χ1v) is 7.07. The van der Waals surface area contributed by atoms with E-state index >= 15 is 0 Å². The number of halogens is 1. The molecule has 0 aromatic carbocycles. The number of piperidine rings is 1. The summed E-state index contributed by atoms with van der Waals surface area (Å²) in [7, 11) is 1.78. The highest BCUT2D eigenvalue weighted by Crippen LogP contribution is 2.31. The van der Waals surface area contributed by atoms with E-state index in [0.717, 1.165) is 24.1 Å². The van der Waals surface area contributed by atoms with Crippen LogP contribution < -0.4 is 5.73 Å². The van der Waals surface area contributed by atoms with Gasteiger partial charge in [0, 0.05) is 37.8 Å². The summed E-state index contributed by atoms with van der Waals surface area (Å²) in [6, 6.07) is 1.75. The molecule has 1 saturated heterocycles. The number of likely N-dealkylation sites (tertiary alicyclic amines) is 1. The van der Waals surface area contributed by atoms with Crippen LogP contribution in [0.15, 0.2) is 16.8 Å². The van der Waals surface area contributed by atoms with Crippen molar-refractivity contribution in [2.75, 3.05) is 18.8 Å². The van der Waals surface area contributed by atoms with E-state index in [9.17, 15) is 4.79 Å². The minimum atomic E-state index is 0. The van der Waals surface area contributed by atoms with Crippen molar-refractivity contribution in [3.63, 3.8) is 0 Å². The number of aromatic nitrogens is 3. The van der Waals surface area contributed by atoms with Crippen molar-refractivity contribution >= 4 is 24.2 Å².